The first-order valence-corrected chi connectivity index (χ1v) is 8.20. The van der Waals surface area contributed by atoms with Gasteiger partial charge in [0, 0.05) is 35.8 Å². The van der Waals surface area contributed by atoms with Gasteiger partial charge in [0.2, 0.25) is 0 Å². The SMILES string of the molecule is COc1cc(-n2nncc2-c2ccc3c(ccn3C)c2)cc(C)c1C. The average molecular weight is 332 g/mol. The smallest absolute Gasteiger partial charge is 0.124 e. The summed E-state index contributed by atoms with van der Waals surface area (Å²) in [4.78, 5) is 0. The Labute approximate surface area is 146 Å². The summed E-state index contributed by atoms with van der Waals surface area (Å²) in [6, 6.07) is 12.6. The number of aryl methyl sites for hydroxylation is 2. The summed E-state index contributed by atoms with van der Waals surface area (Å²) in [6.45, 7) is 4.14. The highest BCUT2D eigenvalue weighted by atomic mass is 16.5. The molecule has 2 heterocycles. The molecule has 0 saturated heterocycles. The van der Waals surface area contributed by atoms with Crippen molar-refractivity contribution in [1.82, 2.24) is 19.6 Å². The number of ether oxygens (including phenoxy) is 1. The third-order valence-electron chi connectivity index (χ3n) is 4.80. The minimum absolute atomic E-state index is 0.856. The van der Waals surface area contributed by atoms with Crippen LogP contribution < -0.4 is 4.74 Å². The monoisotopic (exact) mass is 332 g/mol. The van der Waals surface area contributed by atoms with Gasteiger partial charge in [-0.3, -0.25) is 0 Å². The van der Waals surface area contributed by atoms with Crippen molar-refractivity contribution in [3.05, 3.63) is 59.9 Å². The third-order valence-corrected chi connectivity index (χ3v) is 4.80. The van der Waals surface area contributed by atoms with Gasteiger partial charge in [0.15, 0.2) is 0 Å². The van der Waals surface area contributed by atoms with E-state index in [1.807, 2.05) is 10.7 Å². The predicted molar refractivity (Wildman–Crippen MR) is 99.3 cm³/mol. The molecule has 0 aliphatic rings. The van der Waals surface area contributed by atoms with E-state index < -0.39 is 0 Å². The summed E-state index contributed by atoms with van der Waals surface area (Å²) in [7, 11) is 3.74. The molecule has 0 atom stereocenters. The fourth-order valence-corrected chi connectivity index (χ4v) is 3.21. The standard InChI is InChI=1S/C20H20N4O/c1-13-9-17(11-20(25-4)14(13)2)24-19(12-21-22-24)15-5-6-18-16(10-15)7-8-23(18)3/h5-12H,1-4H3. The van der Waals surface area contributed by atoms with E-state index in [2.05, 4.69) is 72.3 Å². The van der Waals surface area contributed by atoms with Crippen molar-refractivity contribution in [2.75, 3.05) is 7.11 Å². The van der Waals surface area contributed by atoms with Crippen molar-refractivity contribution in [3.63, 3.8) is 0 Å². The third kappa shape index (κ3) is 2.48. The molecule has 0 radical (unpaired) electrons. The highest BCUT2D eigenvalue weighted by molar-refractivity contribution is 5.85. The van der Waals surface area contributed by atoms with Crippen LogP contribution in [0.2, 0.25) is 0 Å². The Balaban J connectivity index is 1.86. The van der Waals surface area contributed by atoms with Crippen molar-refractivity contribution in [2.24, 2.45) is 7.05 Å². The maximum Gasteiger partial charge on any atom is 0.124 e. The fourth-order valence-electron chi connectivity index (χ4n) is 3.21. The first-order valence-electron chi connectivity index (χ1n) is 8.20. The Bertz CT molecular complexity index is 1070. The lowest BCUT2D eigenvalue weighted by Gasteiger charge is -2.12. The molecule has 5 heteroatoms. The van der Waals surface area contributed by atoms with Gasteiger partial charge < -0.3 is 9.30 Å². The van der Waals surface area contributed by atoms with Crippen molar-refractivity contribution in [1.29, 1.82) is 0 Å². The van der Waals surface area contributed by atoms with Crippen molar-refractivity contribution in [3.8, 4) is 22.7 Å². The second-order valence-electron chi connectivity index (χ2n) is 6.32. The van der Waals surface area contributed by atoms with Crippen LogP contribution in [0.4, 0.5) is 0 Å². The van der Waals surface area contributed by atoms with Gasteiger partial charge in [0.25, 0.3) is 0 Å². The molecule has 0 aliphatic heterocycles. The molecule has 5 nitrogen and oxygen atoms in total. The van der Waals surface area contributed by atoms with Crippen LogP contribution in [0.15, 0.2) is 48.8 Å². The van der Waals surface area contributed by atoms with Crippen LogP contribution in [0.25, 0.3) is 27.8 Å². The Morgan fingerprint density at radius 1 is 1.04 bits per heavy atom. The Morgan fingerprint density at radius 2 is 1.88 bits per heavy atom. The molecule has 4 rings (SSSR count). The molecule has 25 heavy (non-hydrogen) atoms. The first kappa shape index (κ1) is 15.4. The maximum atomic E-state index is 5.51. The van der Waals surface area contributed by atoms with Gasteiger partial charge in [-0.15, -0.1) is 5.10 Å². The van der Waals surface area contributed by atoms with E-state index in [0.717, 1.165) is 33.8 Å². The predicted octanol–water partition coefficient (Wildman–Crippen LogP) is 4.05. The molecule has 126 valence electrons. The molecule has 2 aromatic heterocycles. The van der Waals surface area contributed by atoms with E-state index >= 15 is 0 Å². The molecule has 0 unspecified atom stereocenters. The summed E-state index contributed by atoms with van der Waals surface area (Å²) in [5, 5.41) is 9.63. The minimum Gasteiger partial charge on any atom is -0.496 e. The molecule has 0 saturated carbocycles. The zero-order valence-electron chi connectivity index (χ0n) is 14.8. The zero-order chi connectivity index (χ0) is 17.6. The molecule has 4 aromatic rings. The maximum absolute atomic E-state index is 5.51. The average Bonchev–Trinajstić information content (AvgIpc) is 3.24. The van der Waals surface area contributed by atoms with Crippen LogP contribution in [0.5, 0.6) is 5.75 Å². The van der Waals surface area contributed by atoms with Gasteiger partial charge in [0.1, 0.15) is 5.75 Å². The number of nitrogens with zero attached hydrogens (tertiary/aromatic N) is 4. The van der Waals surface area contributed by atoms with E-state index in [4.69, 9.17) is 4.74 Å². The second kappa shape index (κ2) is 5.77. The van der Waals surface area contributed by atoms with Gasteiger partial charge >= 0.3 is 0 Å². The number of aromatic nitrogens is 4. The van der Waals surface area contributed by atoms with Crippen LogP contribution in [0, 0.1) is 13.8 Å². The molecule has 0 fully saturated rings. The summed E-state index contributed by atoms with van der Waals surface area (Å²) in [5.74, 6) is 0.856. The summed E-state index contributed by atoms with van der Waals surface area (Å²) >= 11 is 0. The molecule has 0 N–H and O–H groups in total. The Kier molecular flexibility index (Phi) is 3.57. The van der Waals surface area contributed by atoms with E-state index in [-0.39, 0.29) is 0 Å². The molecule has 0 spiro atoms. The number of fused-ring (bicyclic) bond motifs is 1. The van der Waals surface area contributed by atoms with Gasteiger partial charge in [-0.2, -0.15) is 0 Å². The van der Waals surface area contributed by atoms with Gasteiger partial charge in [-0.25, -0.2) is 4.68 Å². The minimum atomic E-state index is 0.856. The number of rotatable bonds is 3. The highest BCUT2D eigenvalue weighted by Gasteiger charge is 2.13. The molecule has 0 bridgehead atoms. The first-order chi connectivity index (χ1) is 12.1. The Hall–Kier alpha value is -3.08. The number of methoxy groups -OCH3 is 1. The second-order valence-corrected chi connectivity index (χ2v) is 6.32. The molecular weight excluding hydrogens is 312 g/mol. The van der Waals surface area contributed by atoms with E-state index in [1.165, 1.54) is 10.9 Å². The van der Waals surface area contributed by atoms with Gasteiger partial charge in [-0.1, -0.05) is 11.3 Å². The normalized spacial score (nSPS) is 11.2. The number of hydrogen-bond donors (Lipinski definition) is 0. The van der Waals surface area contributed by atoms with Gasteiger partial charge in [0.05, 0.1) is 24.7 Å². The largest absolute Gasteiger partial charge is 0.496 e. The van der Waals surface area contributed by atoms with E-state index in [1.54, 1.807) is 13.3 Å². The van der Waals surface area contributed by atoms with Crippen LogP contribution in [0.1, 0.15) is 11.1 Å². The van der Waals surface area contributed by atoms with E-state index in [9.17, 15) is 0 Å². The van der Waals surface area contributed by atoms with E-state index in [0.29, 0.717) is 0 Å². The van der Waals surface area contributed by atoms with Crippen LogP contribution in [-0.2, 0) is 7.05 Å². The highest BCUT2D eigenvalue weighted by Crippen LogP contribution is 2.29. The lowest BCUT2D eigenvalue weighted by atomic mass is 10.1. The van der Waals surface area contributed by atoms with Crippen LogP contribution in [0.3, 0.4) is 0 Å². The summed E-state index contributed by atoms with van der Waals surface area (Å²) in [5.41, 5.74) is 6.49. The van der Waals surface area contributed by atoms with Crippen LogP contribution >= 0.6 is 0 Å². The van der Waals surface area contributed by atoms with Crippen molar-refractivity contribution < 1.29 is 4.74 Å². The number of hydrogen-bond acceptors (Lipinski definition) is 3. The summed E-state index contributed by atoms with van der Waals surface area (Å²) in [6.07, 6.45) is 3.87. The van der Waals surface area contributed by atoms with Crippen molar-refractivity contribution >= 4 is 10.9 Å². The van der Waals surface area contributed by atoms with Crippen LogP contribution in [-0.4, -0.2) is 26.7 Å². The lowest BCUT2D eigenvalue weighted by Crippen LogP contribution is -2.02. The molecular formula is C20H20N4O. The zero-order valence-corrected chi connectivity index (χ0v) is 14.8. The summed E-state index contributed by atoms with van der Waals surface area (Å²) < 4.78 is 9.48. The van der Waals surface area contributed by atoms with Crippen molar-refractivity contribution in [2.45, 2.75) is 13.8 Å². The molecule has 0 aliphatic carbocycles. The number of benzene rings is 2. The topological polar surface area (TPSA) is 44.9 Å². The Morgan fingerprint density at radius 3 is 2.68 bits per heavy atom. The fraction of sp³-hybridized carbons (Fsp3) is 0.200. The van der Waals surface area contributed by atoms with Gasteiger partial charge in [-0.05, 0) is 49.2 Å². The molecule has 2 aromatic carbocycles. The quantitative estimate of drug-likeness (QED) is 0.568. The lowest BCUT2D eigenvalue weighted by molar-refractivity contribution is 0.411. The molecule has 0 amide bonds.